The van der Waals surface area contributed by atoms with E-state index in [-0.39, 0.29) is 18.9 Å². The standard InChI is InChI=1S/C19H27FN2O6/c1-11(2)9-14(16(24)15(12(3)23)19(20,21)17(25)26)22-18(27)28-10-13-7-5-4-6-8-13/h4-8,11-12,14-15,23H,9-10,21H2,1-3H3,(H,22,27)(H,25,26)/t12?,14-,15?,19?/m0/s1. The second-order valence-electron chi connectivity index (χ2n) is 7.08. The van der Waals surface area contributed by atoms with E-state index in [1.54, 1.807) is 44.2 Å². The summed E-state index contributed by atoms with van der Waals surface area (Å²) in [4.78, 5) is 36.0. The highest BCUT2D eigenvalue weighted by molar-refractivity contribution is 5.95. The molecule has 8 nitrogen and oxygen atoms in total. The number of aliphatic carboxylic acids is 1. The number of benzene rings is 1. The summed E-state index contributed by atoms with van der Waals surface area (Å²) in [5, 5.41) is 21.1. The molecule has 156 valence electrons. The van der Waals surface area contributed by atoms with E-state index in [0.717, 1.165) is 12.5 Å². The number of alkyl carbamates (subject to hydrolysis) is 1. The molecule has 1 rings (SSSR count). The summed E-state index contributed by atoms with van der Waals surface area (Å²) in [6.07, 6.45) is -2.53. The third-order valence-corrected chi connectivity index (χ3v) is 4.12. The van der Waals surface area contributed by atoms with Gasteiger partial charge in [-0.05, 0) is 24.8 Å². The molecule has 9 heteroatoms. The Kier molecular flexibility index (Phi) is 8.52. The topological polar surface area (TPSA) is 139 Å². The molecule has 1 amide bonds. The van der Waals surface area contributed by atoms with Gasteiger partial charge in [-0.3, -0.25) is 10.5 Å². The van der Waals surface area contributed by atoms with Gasteiger partial charge in [0.25, 0.3) is 5.79 Å². The number of nitrogens with two attached hydrogens (primary N) is 1. The maximum Gasteiger partial charge on any atom is 0.408 e. The van der Waals surface area contributed by atoms with Crippen LogP contribution in [0, 0.1) is 11.8 Å². The predicted octanol–water partition coefficient (Wildman–Crippen LogP) is 1.60. The third-order valence-electron chi connectivity index (χ3n) is 4.12. The van der Waals surface area contributed by atoms with Crippen molar-refractivity contribution in [3.05, 3.63) is 35.9 Å². The second kappa shape index (κ2) is 10.1. The van der Waals surface area contributed by atoms with Crippen LogP contribution >= 0.6 is 0 Å². The van der Waals surface area contributed by atoms with Crippen molar-refractivity contribution in [3.63, 3.8) is 0 Å². The van der Waals surface area contributed by atoms with E-state index in [9.17, 15) is 23.9 Å². The molecular weight excluding hydrogens is 371 g/mol. The van der Waals surface area contributed by atoms with Gasteiger partial charge in [-0.25, -0.2) is 14.0 Å². The second-order valence-corrected chi connectivity index (χ2v) is 7.08. The maximum atomic E-state index is 14.4. The molecule has 0 bridgehead atoms. The monoisotopic (exact) mass is 398 g/mol. The van der Waals surface area contributed by atoms with Crippen molar-refractivity contribution in [2.75, 3.05) is 0 Å². The van der Waals surface area contributed by atoms with Gasteiger partial charge in [0.1, 0.15) is 12.5 Å². The first-order valence-electron chi connectivity index (χ1n) is 8.87. The summed E-state index contributed by atoms with van der Waals surface area (Å²) < 4.78 is 19.5. The lowest BCUT2D eigenvalue weighted by Gasteiger charge is -2.31. The molecule has 0 heterocycles. The van der Waals surface area contributed by atoms with Gasteiger partial charge in [-0.2, -0.15) is 0 Å². The zero-order valence-electron chi connectivity index (χ0n) is 16.1. The molecule has 0 radical (unpaired) electrons. The first-order chi connectivity index (χ1) is 13.0. The SMILES string of the molecule is CC(C)C[C@H](NC(=O)OCc1ccccc1)C(=O)C(C(C)O)C(N)(F)C(=O)O. The van der Waals surface area contributed by atoms with Crippen LogP contribution in [0.3, 0.4) is 0 Å². The molecule has 0 spiro atoms. The number of hydrogen-bond acceptors (Lipinski definition) is 6. The highest BCUT2D eigenvalue weighted by atomic mass is 19.1. The van der Waals surface area contributed by atoms with Crippen molar-refractivity contribution in [3.8, 4) is 0 Å². The molecule has 0 saturated heterocycles. The van der Waals surface area contributed by atoms with Crippen LogP contribution in [0.25, 0.3) is 0 Å². The minimum absolute atomic E-state index is 0.0475. The fraction of sp³-hybridized carbons (Fsp3) is 0.526. The number of hydrogen-bond donors (Lipinski definition) is 4. The Bertz CT molecular complexity index is 678. The molecule has 0 saturated carbocycles. The molecule has 5 N–H and O–H groups in total. The number of Topliss-reactive ketones (excluding diaryl/α,β-unsaturated/α-hetero) is 1. The largest absolute Gasteiger partial charge is 0.478 e. The number of ketones is 1. The fourth-order valence-electron chi connectivity index (χ4n) is 2.77. The Labute approximate surface area is 162 Å². The summed E-state index contributed by atoms with van der Waals surface area (Å²) in [7, 11) is 0. The van der Waals surface area contributed by atoms with Gasteiger partial charge in [-0.15, -0.1) is 0 Å². The maximum absolute atomic E-state index is 14.4. The van der Waals surface area contributed by atoms with Crippen LogP contribution in [0.4, 0.5) is 9.18 Å². The first kappa shape index (κ1) is 23.5. The lowest BCUT2D eigenvalue weighted by molar-refractivity contribution is -0.163. The molecular formula is C19H27FN2O6. The molecule has 0 aliphatic carbocycles. The van der Waals surface area contributed by atoms with Crippen LogP contribution in [0.1, 0.15) is 32.8 Å². The van der Waals surface area contributed by atoms with Gasteiger partial charge < -0.3 is 20.3 Å². The smallest absolute Gasteiger partial charge is 0.408 e. The molecule has 28 heavy (non-hydrogen) atoms. The number of aliphatic hydroxyl groups is 1. The van der Waals surface area contributed by atoms with Crippen LogP contribution in [0.5, 0.6) is 0 Å². The summed E-state index contributed by atoms with van der Waals surface area (Å²) in [5.41, 5.74) is 5.87. The van der Waals surface area contributed by atoms with Crippen molar-refractivity contribution in [1.29, 1.82) is 0 Å². The molecule has 3 unspecified atom stereocenters. The van der Waals surface area contributed by atoms with Gasteiger partial charge in [0.05, 0.1) is 12.1 Å². The molecule has 1 aromatic carbocycles. The minimum atomic E-state index is -3.49. The van der Waals surface area contributed by atoms with E-state index in [1.807, 2.05) is 0 Å². The molecule has 1 aromatic rings. The van der Waals surface area contributed by atoms with E-state index in [0.29, 0.717) is 0 Å². The van der Waals surface area contributed by atoms with Crippen LogP contribution in [-0.4, -0.2) is 46.0 Å². The molecule has 0 aliphatic heterocycles. The van der Waals surface area contributed by atoms with Crippen LogP contribution < -0.4 is 11.1 Å². The van der Waals surface area contributed by atoms with Gasteiger partial charge in [-0.1, -0.05) is 44.2 Å². The number of rotatable bonds is 10. The Morgan fingerprint density at radius 2 is 1.79 bits per heavy atom. The summed E-state index contributed by atoms with van der Waals surface area (Å²) >= 11 is 0. The van der Waals surface area contributed by atoms with E-state index in [2.05, 4.69) is 5.32 Å². The zero-order valence-corrected chi connectivity index (χ0v) is 16.1. The summed E-state index contributed by atoms with van der Waals surface area (Å²) in [5.74, 6) is -8.76. The van der Waals surface area contributed by atoms with Gasteiger partial charge >= 0.3 is 12.1 Å². The predicted molar refractivity (Wildman–Crippen MR) is 98.8 cm³/mol. The lowest BCUT2D eigenvalue weighted by atomic mass is 9.83. The summed E-state index contributed by atoms with van der Waals surface area (Å²) in [6.45, 7) is 4.54. The number of carbonyl (C=O) groups excluding carboxylic acids is 2. The Hall–Kier alpha value is -2.52. The Morgan fingerprint density at radius 1 is 1.21 bits per heavy atom. The number of nitrogens with one attached hydrogen (secondary N) is 1. The van der Waals surface area contributed by atoms with E-state index in [4.69, 9.17) is 15.6 Å². The van der Waals surface area contributed by atoms with Crippen molar-refractivity contribution < 1.29 is 33.7 Å². The molecule has 0 aromatic heterocycles. The number of ether oxygens (including phenoxy) is 1. The molecule has 4 atom stereocenters. The molecule has 0 aliphatic rings. The van der Waals surface area contributed by atoms with Crippen LogP contribution in [0.15, 0.2) is 30.3 Å². The highest BCUT2D eigenvalue weighted by Gasteiger charge is 2.51. The fourth-order valence-corrected chi connectivity index (χ4v) is 2.77. The van der Waals surface area contributed by atoms with Crippen LogP contribution in [-0.2, 0) is 20.9 Å². The number of carboxylic acid groups (broad SMARTS) is 1. The number of carbonyl (C=O) groups is 3. The quantitative estimate of drug-likeness (QED) is 0.439. The average molecular weight is 398 g/mol. The number of amides is 1. The third kappa shape index (κ3) is 6.58. The Balaban J connectivity index is 2.94. The minimum Gasteiger partial charge on any atom is -0.478 e. The zero-order chi connectivity index (χ0) is 21.5. The van der Waals surface area contributed by atoms with Gasteiger partial charge in [0, 0.05) is 0 Å². The van der Waals surface area contributed by atoms with E-state index in [1.165, 1.54) is 0 Å². The normalized spacial score (nSPS) is 16.5. The van der Waals surface area contributed by atoms with Gasteiger partial charge in [0.15, 0.2) is 5.78 Å². The molecule has 0 fully saturated rings. The number of aliphatic hydroxyl groups excluding tert-OH is 1. The number of carboxylic acids is 1. The van der Waals surface area contributed by atoms with Crippen LogP contribution in [0.2, 0.25) is 0 Å². The van der Waals surface area contributed by atoms with E-state index < -0.39 is 41.7 Å². The Morgan fingerprint density at radius 3 is 2.25 bits per heavy atom. The number of alkyl halides is 1. The van der Waals surface area contributed by atoms with Crippen molar-refractivity contribution >= 4 is 17.8 Å². The van der Waals surface area contributed by atoms with Crippen molar-refractivity contribution in [1.82, 2.24) is 5.32 Å². The first-order valence-corrected chi connectivity index (χ1v) is 8.87. The highest BCUT2D eigenvalue weighted by Crippen LogP contribution is 2.25. The van der Waals surface area contributed by atoms with Crippen molar-refractivity contribution in [2.45, 2.75) is 51.7 Å². The van der Waals surface area contributed by atoms with Crippen molar-refractivity contribution in [2.24, 2.45) is 17.6 Å². The summed E-state index contributed by atoms with van der Waals surface area (Å²) in [6, 6.07) is 7.54. The van der Waals surface area contributed by atoms with E-state index >= 15 is 0 Å². The number of halogens is 1. The van der Waals surface area contributed by atoms with Gasteiger partial charge in [0.2, 0.25) is 0 Å². The average Bonchev–Trinajstić information content (AvgIpc) is 2.59. The lowest BCUT2D eigenvalue weighted by Crippen LogP contribution is -2.60.